The van der Waals surface area contributed by atoms with Gasteiger partial charge in [0.1, 0.15) is 18.2 Å². The van der Waals surface area contributed by atoms with E-state index in [1.54, 1.807) is 0 Å². The van der Waals surface area contributed by atoms with Crippen LogP contribution in [0.15, 0.2) is 42.5 Å². The third-order valence-corrected chi connectivity index (χ3v) is 3.14. The molecule has 4 nitrogen and oxygen atoms in total. The first-order chi connectivity index (χ1) is 10.5. The van der Waals surface area contributed by atoms with Gasteiger partial charge in [-0.25, -0.2) is 4.39 Å². The van der Waals surface area contributed by atoms with Crippen LogP contribution in [0.5, 0.6) is 5.75 Å². The lowest BCUT2D eigenvalue weighted by Gasteiger charge is -2.13. The molecule has 0 spiro atoms. The third-order valence-electron chi connectivity index (χ3n) is 3.14. The van der Waals surface area contributed by atoms with Crippen LogP contribution in [0, 0.1) is 5.82 Å². The number of benzene rings is 2. The summed E-state index contributed by atoms with van der Waals surface area (Å²) in [6.07, 6.45) is -0.545. The van der Waals surface area contributed by atoms with Crippen molar-refractivity contribution in [2.24, 2.45) is 0 Å². The number of Topliss-reactive ketones (excluding diaryl/α,β-unsaturated/α-hetero) is 1. The topological polar surface area (TPSA) is 63.6 Å². The van der Waals surface area contributed by atoms with Gasteiger partial charge in [-0.15, -0.1) is 0 Å². The highest BCUT2D eigenvalue weighted by atomic mass is 19.1. The molecule has 0 aromatic heterocycles. The van der Waals surface area contributed by atoms with Gasteiger partial charge in [-0.2, -0.15) is 0 Å². The van der Waals surface area contributed by atoms with Crippen LogP contribution in [0.3, 0.4) is 0 Å². The lowest BCUT2D eigenvalue weighted by Crippen LogP contribution is -2.10. The molecule has 5 heteroatoms. The quantitative estimate of drug-likeness (QED) is 0.832. The summed E-state index contributed by atoms with van der Waals surface area (Å²) in [4.78, 5) is 22.3. The highest BCUT2D eigenvalue weighted by molar-refractivity contribution is 5.95. The minimum absolute atomic E-state index is 0.115. The molecule has 0 saturated heterocycles. The number of carboxylic acid groups (broad SMARTS) is 1. The summed E-state index contributed by atoms with van der Waals surface area (Å²) >= 11 is 0. The fourth-order valence-corrected chi connectivity index (χ4v) is 2.06. The normalized spacial score (nSPS) is 10.3. The first-order valence-electron chi connectivity index (χ1n) is 6.70. The van der Waals surface area contributed by atoms with Crippen molar-refractivity contribution in [3.8, 4) is 5.75 Å². The minimum atomic E-state index is -1.19. The summed E-state index contributed by atoms with van der Waals surface area (Å²) < 4.78 is 19.8. The van der Waals surface area contributed by atoms with E-state index in [2.05, 4.69) is 0 Å². The molecule has 0 heterocycles. The lowest BCUT2D eigenvalue weighted by molar-refractivity contribution is -0.136. The average Bonchev–Trinajstić information content (AvgIpc) is 2.48. The zero-order valence-electron chi connectivity index (χ0n) is 12.0. The van der Waals surface area contributed by atoms with Gasteiger partial charge >= 0.3 is 5.97 Å². The van der Waals surface area contributed by atoms with Gasteiger partial charge in [0.15, 0.2) is 5.78 Å². The SMILES string of the molecule is CC(=O)c1ccc(OCc2ccccc2)c(CC(=O)O)c1F. The highest BCUT2D eigenvalue weighted by Gasteiger charge is 2.19. The van der Waals surface area contributed by atoms with Crippen LogP contribution in [-0.4, -0.2) is 16.9 Å². The summed E-state index contributed by atoms with van der Waals surface area (Å²) in [5.41, 5.74) is 0.624. The maximum Gasteiger partial charge on any atom is 0.308 e. The van der Waals surface area contributed by atoms with Crippen molar-refractivity contribution in [2.45, 2.75) is 20.0 Å². The van der Waals surface area contributed by atoms with Crippen molar-refractivity contribution < 1.29 is 23.8 Å². The second kappa shape index (κ2) is 6.85. The first-order valence-corrected chi connectivity index (χ1v) is 6.70. The fraction of sp³-hybridized carbons (Fsp3) is 0.176. The molecule has 0 unspecified atom stereocenters. The molecule has 2 aromatic carbocycles. The number of aliphatic carboxylic acids is 1. The summed E-state index contributed by atoms with van der Waals surface area (Å²) in [6.45, 7) is 1.42. The Morgan fingerprint density at radius 3 is 2.41 bits per heavy atom. The number of carbonyl (C=O) groups excluding carboxylic acids is 1. The van der Waals surface area contributed by atoms with E-state index >= 15 is 0 Å². The predicted octanol–water partition coefficient (Wildman–Crippen LogP) is 3.23. The van der Waals surface area contributed by atoms with Crippen molar-refractivity contribution in [1.29, 1.82) is 0 Å². The Labute approximate surface area is 127 Å². The maximum absolute atomic E-state index is 14.3. The van der Waals surface area contributed by atoms with Crippen molar-refractivity contribution in [1.82, 2.24) is 0 Å². The second-order valence-electron chi connectivity index (χ2n) is 4.80. The molecule has 0 saturated carbocycles. The van der Waals surface area contributed by atoms with E-state index in [0.29, 0.717) is 0 Å². The van der Waals surface area contributed by atoms with Gasteiger partial charge in [-0.1, -0.05) is 30.3 Å². The smallest absolute Gasteiger partial charge is 0.308 e. The van der Waals surface area contributed by atoms with Crippen molar-refractivity contribution >= 4 is 11.8 Å². The standard InChI is InChI=1S/C17H15FO4/c1-11(19)13-7-8-15(14(17(13)18)9-16(20)21)22-10-12-5-3-2-4-6-12/h2-8H,9-10H2,1H3,(H,20,21). The molecule has 0 bridgehead atoms. The number of rotatable bonds is 6. The van der Waals surface area contributed by atoms with Crippen LogP contribution >= 0.6 is 0 Å². The van der Waals surface area contributed by atoms with E-state index in [-0.39, 0.29) is 23.5 Å². The number of ether oxygens (including phenoxy) is 1. The van der Waals surface area contributed by atoms with Crippen LogP contribution in [0.4, 0.5) is 4.39 Å². The van der Waals surface area contributed by atoms with Gasteiger partial charge in [0.05, 0.1) is 12.0 Å². The Kier molecular flexibility index (Phi) is 4.88. The van der Waals surface area contributed by atoms with Crippen molar-refractivity contribution in [3.63, 3.8) is 0 Å². The maximum atomic E-state index is 14.3. The molecular formula is C17H15FO4. The first kappa shape index (κ1) is 15.7. The van der Waals surface area contributed by atoms with Gasteiger partial charge in [0.2, 0.25) is 0 Å². The number of ketones is 1. The molecule has 0 radical (unpaired) electrons. The van der Waals surface area contributed by atoms with E-state index in [0.717, 1.165) is 5.56 Å². The van der Waals surface area contributed by atoms with Gasteiger partial charge in [-0.05, 0) is 24.6 Å². The lowest BCUT2D eigenvalue weighted by atomic mass is 10.0. The number of hydrogen-bond donors (Lipinski definition) is 1. The molecule has 114 valence electrons. The van der Waals surface area contributed by atoms with Gasteiger partial charge < -0.3 is 9.84 Å². The molecule has 22 heavy (non-hydrogen) atoms. The summed E-state index contributed by atoms with van der Waals surface area (Å²) in [5.74, 6) is -2.35. The predicted molar refractivity (Wildman–Crippen MR) is 78.5 cm³/mol. The van der Waals surface area contributed by atoms with Crippen LogP contribution < -0.4 is 4.74 Å². The Morgan fingerprint density at radius 1 is 1.14 bits per heavy atom. The molecule has 1 N–H and O–H groups in total. The zero-order chi connectivity index (χ0) is 16.1. The molecule has 0 aliphatic carbocycles. The Balaban J connectivity index is 2.31. The van der Waals surface area contributed by atoms with Crippen LogP contribution in [0.1, 0.15) is 28.4 Å². The fourth-order valence-electron chi connectivity index (χ4n) is 2.06. The Morgan fingerprint density at radius 2 is 1.82 bits per heavy atom. The molecule has 0 aliphatic heterocycles. The van der Waals surface area contributed by atoms with Gasteiger partial charge in [0.25, 0.3) is 0 Å². The molecule has 0 aliphatic rings. The monoisotopic (exact) mass is 302 g/mol. The minimum Gasteiger partial charge on any atom is -0.488 e. The Bertz CT molecular complexity index is 695. The van der Waals surface area contributed by atoms with E-state index in [9.17, 15) is 14.0 Å². The summed E-state index contributed by atoms with van der Waals surface area (Å²) in [5, 5.41) is 8.92. The average molecular weight is 302 g/mol. The number of halogens is 1. The van der Waals surface area contributed by atoms with E-state index in [4.69, 9.17) is 9.84 Å². The number of hydrogen-bond acceptors (Lipinski definition) is 3. The van der Waals surface area contributed by atoms with E-state index < -0.39 is 24.0 Å². The number of carboxylic acids is 1. The third kappa shape index (κ3) is 3.69. The van der Waals surface area contributed by atoms with Gasteiger partial charge in [-0.3, -0.25) is 9.59 Å². The van der Waals surface area contributed by atoms with Crippen molar-refractivity contribution in [2.75, 3.05) is 0 Å². The van der Waals surface area contributed by atoms with E-state index in [1.165, 1.54) is 19.1 Å². The van der Waals surface area contributed by atoms with Crippen LogP contribution in [-0.2, 0) is 17.8 Å². The van der Waals surface area contributed by atoms with Crippen molar-refractivity contribution in [3.05, 3.63) is 65.0 Å². The molecule has 0 fully saturated rings. The largest absolute Gasteiger partial charge is 0.488 e. The zero-order valence-corrected chi connectivity index (χ0v) is 12.0. The molecule has 2 aromatic rings. The van der Waals surface area contributed by atoms with Crippen LogP contribution in [0.2, 0.25) is 0 Å². The summed E-state index contributed by atoms with van der Waals surface area (Å²) in [6, 6.07) is 12.0. The van der Waals surface area contributed by atoms with E-state index in [1.807, 2.05) is 30.3 Å². The summed E-state index contributed by atoms with van der Waals surface area (Å²) in [7, 11) is 0. The van der Waals surface area contributed by atoms with Gasteiger partial charge in [0, 0.05) is 5.56 Å². The molecule has 0 amide bonds. The Hall–Kier alpha value is -2.69. The van der Waals surface area contributed by atoms with Crippen LogP contribution in [0.25, 0.3) is 0 Å². The molecule has 0 atom stereocenters. The molecular weight excluding hydrogens is 287 g/mol. The molecule has 2 rings (SSSR count). The number of carbonyl (C=O) groups is 2. The highest BCUT2D eigenvalue weighted by Crippen LogP contribution is 2.26. The second-order valence-corrected chi connectivity index (χ2v) is 4.80.